The zero-order valence-electron chi connectivity index (χ0n) is 20.9. The van der Waals surface area contributed by atoms with Crippen LogP contribution < -0.4 is 10.6 Å². The fourth-order valence-corrected chi connectivity index (χ4v) is 6.33. The molecule has 0 aliphatic carbocycles. The second-order valence-corrected chi connectivity index (χ2v) is 11.4. The minimum atomic E-state index is -4.02. The van der Waals surface area contributed by atoms with Gasteiger partial charge in [0.25, 0.3) is 0 Å². The summed E-state index contributed by atoms with van der Waals surface area (Å²) in [5.74, 6) is -1.14. The second kappa shape index (κ2) is 9.77. The normalized spacial score (nSPS) is 16.0. The van der Waals surface area contributed by atoms with Gasteiger partial charge in [-0.2, -0.15) is 0 Å². The number of nitrogens with one attached hydrogen (secondary N) is 3. The minimum absolute atomic E-state index is 0.00938. The number of H-pyrrole nitrogens is 1. The molecule has 5 aromatic rings. The zero-order chi connectivity index (χ0) is 27.1. The van der Waals surface area contributed by atoms with Crippen LogP contribution in [0.1, 0.15) is 15.9 Å². The van der Waals surface area contributed by atoms with Crippen LogP contribution in [-0.2, 0) is 14.6 Å². The number of ether oxygens (including phenoxy) is 1. The molecule has 1 saturated heterocycles. The fraction of sp³-hybridized carbons (Fsp3) is 0.179. The summed E-state index contributed by atoms with van der Waals surface area (Å²) in [5.41, 5.74) is 3.43. The first-order valence-electron chi connectivity index (χ1n) is 12.4. The number of pyridine rings is 2. The Morgan fingerprint density at radius 2 is 1.90 bits per heavy atom. The summed E-state index contributed by atoms with van der Waals surface area (Å²) in [4.78, 5) is 24.0. The maximum absolute atomic E-state index is 13.8. The highest BCUT2D eigenvalue weighted by atomic mass is 32.2. The van der Waals surface area contributed by atoms with Crippen molar-refractivity contribution in [2.45, 2.75) is 17.3 Å². The third-order valence-electron chi connectivity index (χ3n) is 6.87. The first-order chi connectivity index (χ1) is 18.8. The summed E-state index contributed by atoms with van der Waals surface area (Å²) in [6.07, 6.45) is 4.95. The van der Waals surface area contributed by atoms with Crippen LogP contribution in [0, 0.1) is 6.92 Å². The van der Waals surface area contributed by atoms with E-state index in [1.165, 1.54) is 12.3 Å². The molecule has 0 amide bonds. The molecule has 1 aliphatic rings. The molecule has 1 fully saturated rings. The molecule has 0 saturated carbocycles. The number of hydrogen-bond donors (Lipinski definition) is 4. The van der Waals surface area contributed by atoms with Crippen LogP contribution in [0.3, 0.4) is 0 Å². The largest absolute Gasteiger partial charge is 0.478 e. The number of fused-ring (bicyclic) bond motifs is 2. The molecule has 6 rings (SSSR count). The number of rotatable bonds is 6. The van der Waals surface area contributed by atoms with Crippen LogP contribution >= 0.6 is 0 Å². The number of hydrogen-bond acceptors (Lipinski definition) is 8. The van der Waals surface area contributed by atoms with Crippen molar-refractivity contribution in [3.63, 3.8) is 0 Å². The molecule has 39 heavy (non-hydrogen) atoms. The highest BCUT2D eigenvalue weighted by Crippen LogP contribution is 2.37. The van der Waals surface area contributed by atoms with Crippen molar-refractivity contribution >= 4 is 49.1 Å². The third-order valence-corrected chi connectivity index (χ3v) is 8.79. The number of morpholine rings is 1. The Morgan fingerprint density at radius 1 is 1.08 bits per heavy atom. The highest BCUT2D eigenvalue weighted by molar-refractivity contribution is 7.92. The summed E-state index contributed by atoms with van der Waals surface area (Å²) in [7, 11) is -4.02. The van der Waals surface area contributed by atoms with Crippen LogP contribution in [0.25, 0.3) is 33.1 Å². The van der Waals surface area contributed by atoms with Crippen molar-refractivity contribution in [3.05, 3.63) is 78.2 Å². The molecule has 4 heterocycles. The Labute approximate surface area is 224 Å². The Balaban J connectivity index is 1.57. The molecule has 3 aromatic heterocycles. The van der Waals surface area contributed by atoms with Gasteiger partial charge in [-0.05, 0) is 48.4 Å². The van der Waals surface area contributed by atoms with Gasteiger partial charge in [-0.1, -0.05) is 18.2 Å². The number of para-hydroxylation sites is 1. The van der Waals surface area contributed by atoms with Crippen molar-refractivity contribution in [1.29, 1.82) is 0 Å². The number of carboxylic acid groups (broad SMARTS) is 1. The lowest BCUT2D eigenvalue weighted by atomic mass is 10.0. The molecule has 1 atom stereocenters. The van der Waals surface area contributed by atoms with Gasteiger partial charge in [0.1, 0.15) is 10.5 Å². The van der Waals surface area contributed by atoms with Crippen molar-refractivity contribution in [3.8, 4) is 11.1 Å². The molecular weight excluding hydrogens is 518 g/mol. The number of benzene rings is 2. The van der Waals surface area contributed by atoms with E-state index in [9.17, 15) is 18.3 Å². The number of aromatic amines is 1. The molecule has 0 radical (unpaired) electrons. The highest BCUT2D eigenvalue weighted by Gasteiger charge is 2.33. The summed E-state index contributed by atoms with van der Waals surface area (Å²) in [6.45, 7) is 2.94. The van der Waals surface area contributed by atoms with Gasteiger partial charge in [0.2, 0.25) is 9.84 Å². The van der Waals surface area contributed by atoms with E-state index < -0.39 is 21.2 Å². The Kier molecular flexibility index (Phi) is 6.26. The average molecular weight is 544 g/mol. The molecule has 0 spiro atoms. The molecule has 1 unspecified atom stereocenters. The maximum atomic E-state index is 13.8. The van der Waals surface area contributed by atoms with E-state index in [1.54, 1.807) is 24.4 Å². The van der Waals surface area contributed by atoms with Crippen LogP contribution in [0.15, 0.2) is 72.0 Å². The Bertz CT molecular complexity index is 1840. The fourth-order valence-electron chi connectivity index (χ4n) is 4.79. The Morgan fingerprint density at radius 3 is 2.69 bits per heavy atom. The molecule has 11 heteroatoms. The predicted octanol–water partition coefficient (Wildman–Crippen LogP) is 4.25. The zero-order valence-corrected chi connectivity index (χ0v) is 21.7. The van der Waals surface area contributed by atoms with Gasteiger partial charge in [-0.3, -0.25) is 4.98 Å². The first kappa shape index (κ1) is 25.0. The van der Waals surface area contributed by atoms with E-state index in [1.807, 2.05) is 37.4 Å². The van der Waals surface area contributed by atoms with Gasteiger partial charge < -0.3 is 25.5 Å². The average Bonchev–Trinajstić information content (AvgIpc) is 3.33. The van der Waals surface area contributed by atoms with Gasteiger partial charge in [0, 0.05) is 48.0 Å². The van der Waals surface area contributed by atoms with Crippen LogP contribution in [0.2, 0.25) is 0 Å². The topological polar surface area (TPSA) is 146 Å². The van der Waals surface area contributed by atoms with E-state index in [4.69, 9.17) is 4.74 Å². The van der Waals surface area contributed by atoms with E-state index >= 15 is 0 Å². The van der Waals surface area contributed by atoms with Crippen molar-refractivity contribution in [2.24, 2.45) is 0 Å². The van der Waals surface area contributed by atoms with Crippen molar-refractivity contribution < 1.29 is 23.1 Å². The number of aromatic carboxylic acids is 1. The van der Waals surface area contributed by atoms with Crippen LogP contribution in [0.4, 0.5) is 11.4 Å². The second-order valence-electron chi connectivity index (χ2n) is 9.35. The summed E-state index contributed by atoms with van der Waals surface area (Å²) < 4.78 is 33.2. The standard InChI is InChI=1S/C28H25N5O5S/c1-16-12-31-27-20(16)11-18(13-32-27)17-6-7-22-21(10-17)26(33-23-5-3-2-4-19(23)28(34)35)24(14-30-22)39(36,37)25-15-29-8-9-38-25/h2-7,10-14,25,29H,8-9,15H2,1H3,(H,30,33)(H,31,32)(H,34,35). The quantitative estimate of drug-likeness (QED) is 0.247. The van der Waals surface area contributed by atoms with E-state index in [0.29, 0.717) is 17.4 Å². The minimum Gasteiger partial charge on any atom is -0.478 e. The van der Waals surface area contributed by atoms with E-state index in [2.05, 4.69) is 25.6 Å². The maximum Gasteiger partial charge on any atom is 0.337 e. The summed E-state index contributed by atoms with van der Waals surface area (Å²) in [5, 5.41) is 17.5. The molecule has 198 valence electrons. The third kappa shape index (κ3) is 4.50. The van der Waals surface area contributed by atoms with Gasteiger partial charge in [0.05, 0.1) is 29.1 Å². The van der Waals surface area contributed by atoms with Gasteiger partial charge in [-0.25, -0.2) is 18.2 Å². The summed E-state index contributed by atoms with van der Waals surface area (Å²) >= 11 is 0. The van der Waals surface area contributed by atoms with Crippen LogP contribution in [0.5, 0.6) is 0 Å². The van der Waals surface area contributed by atoms with Crippen molar-refractivity contribution in [2.75, 3.05) is 25.0 Å². The number of nitrogens with zero attached hydrogens (tertiary/aromatic N) is 2. The molecule has 10 nitrogen and oxygen atoms in total. The Hall–Kier alpha value is -4.32. The monoisotopic (exact) mass is 543 g/mol. The first-order valence-corrected chi connectivity index (χ1v) is 13.9. The number of aromatic nitrogens is 3. The lowest BCUT2D eigenvalue weighted by molar-refractivity contribution is 0.0698. The van der Waals surface area contributed by atoms with Crippen molar-refractivity contribution in [1.82, 2.24) is 20.3 Å². The number of carboxylic acids is 1. The SMILES string of the molecule is Cc1c[nH]c2ncc(-c3ccc4ncc(S(=O)(=O)C5CNCCO5)c(Nc5ccccc5C(=O)O)c4c3)cc12. The van der Waals surface area contributed by atoms with Gasteiger partial charge in [0.15, 0.2) is 5.44 Å². The molecule has 1 aliphatic heterocycles. The predicted molar refractivity (Wildman–Crippen MR) is 148 cm³/mol. The van der Waals surface area contributed by atoms with E-state index in [-0.39, 0.29) is 35.0 Å². The molecule has 2 aromatic carbocycles. The number of anilines is 2. The van der Waals surface area contributed by atoms with Gasteiger partial charge >= 0.3 is 5.97 Å². The van der Waals surface area contributed by atoms with Crippen LogP contribution in [-0.4, -0.2) is 59.6 Å². The lowest BCUT2D eigenvalue weighted by Crippen LogP contribution is -2.43. The van der Waals surface area contributed by atoms with E-state index in [0.717, 1.165) is 27.7 Å². The molecular formula is C28H25N5O5S. The summed E-state index contributed by atoms with van der Waals surface area (Å²) in [6, 6.07) is 13.9. The molecule has 0 bridgehead atoms. The number of sulfone groups is 1. The smallest absolute Gasteiger partial charge is 0.337 e. The number of carbonyl (C=O) groups is 1. The lowest BCUT2D eigenvalue weighted by Gasteiger charge is -2.25. The van der Waals surface area contributed by atoms with Gasteiger partial charge in [-0.15, -0.1) is 0 Å². The molecule has 4 N–H and O–H groups in total. The number of aryl methyl sites for hydroxylation is 1.